The number of rotatable bonds is 6. The molecule has 0 saturated heterocycles. The molecule has 0 N–H and O–H groups in total. The maximum Gasteiger partial charge on any atom is 0.181 e. The smallest absolute Gasteiger partial charge is 0.181 e. The molecule has 0 bridgehead atoms. The third kappa shape index (κ3) is 3.31. The van der Waals surface area contributed by atoms with E-state index in [1.807, 2.05) is 25.1 Å². The number of pyridine rings is 1. The maximum atomic E-state index is 11.8. The van der Waals surface area contributed by atoms with Gasteiger partial charge >= 0.3 is 0 Å². The van der Waals surface area contributed by atoms with E-state index in [1.54, 1.807) is 6.20 Å². The van der Waals surface area contributed by atoms with Gasteiger partial charge in [-0.2, -0.15) is 0 Å². The van der Waals surface area contributed by atoms with Crippen LogP contribution >= 0.6 is 0 Å². The number of carbonyl (C=O) groups excluding carboxylic acids is 1. The summed E-state index contributed by atoms with van der Waals surface area (Å²) in [7, 11) is 0. The summed E-state index contributed by atoms with van der Waals surface area (Å²) in [5.41, 5.74) is 1.69. The molecule has 15 heavy (non-hydrogen) atoms. The lowest BCUT2D eigenvalue weighted by molar-refractivity contribution is 0.0974. The summed E-state index contributed by atoms with van der Waals surface area (Å²) in [5.74, 6) is 0.148. The van der Waals surface area contributed by atoms with E-state index in [0.717, 1.165) is 24.8 Å². The van der Waals surface area contributed by atoms with Gasteiger partial charge in [0.15, 0.2) is 5.78 Å². The highest BCUT2D eigenvalue weighted by Gasteiger charge is 2.10. The second kappa shape index (κ2) is 6.12. The molecular formula is C13H17NO. The first-order valence-electron chi connectivity index (χ1n) is 5.37. The van der Waals surface area contributed by atoms with Crippen LogP contribution in [0.5, 0.6) is 0 Å². The van der Waals surface area contributed by atoms with Gasteiger partial charge in [0.25, 0.3) is 0 Å². The minimum Gasteiger partial charge on any atom is -0.292 e. The normalized spacial score (nSPS) is 9.93. The highest BCUT2D eigenvalue weighted by molar-refractivity contribution is 5.95. The molecule has 0 aliphatic heterocycles. The van der Waals surface area contributed by atoms with E-state index < -0.39 is 0 Å². The Labute approximate surface area is 91.0 Å². The Kier molecular flexibility index (Phi) is 4.75. The Balaban J connectivity index is 2.68. The van der Waals surface area contributed by atoms with E-state index in [0.29, 0.717) is 12.1 Å². The standard InChI is InChI=1S/C13H17NO/c1-3-5-6-9-12(15)13-11(4-2)8-7-10-14-13/h3,7-8,10H,1,4-6,9H2,2H3. The lowest BCUT2D eigenvalue weighted by atomic mass is 10.0. The molecule has 0 radical (unpaired) electrons. The minimum absolute atomic E-state index is 0.148. The molecule has 0 atom stereocenters. The molecule has 2 heteroatoms. The van der Waals surface area contributed by atoms with Crippen LogP contribution in [0.4, 0.5) is 0 Å². The molecule has 0 amide bonds. The molecular weight excluding hydrogens is 186 g/mol. The van der Waals surface area contributed by atoms with Crippen molar-refractivity contribution >= 4 is 5.78 Å². The average Bonchev–Trinajstić information content (AvgIpc) is 2.29. The Morgan fingerprint density at radius 3 is 3.07 bits per heavy atom. The minimum atomic E-state index is 0.148. The monoisotopic (exact) mass is 203 g/mol. The number of allylic oxidation sites excluding steroid dienone is 1. The van der Waals surface area contributed by atoms with Gasteiger partial charge in [-0.1, -0.05) is 19.1 Å². The van der Waals surface area contributed by atoms with E-state index in [9.17, 15) is 4.79 Å². The highest BCUT2D eigenvalue weighted by Crippen LogP contribution is 2.10. The first-order chi connectivity index (χ1) is 7.29. The van der Waals surface area contributed by atoms with Crippen LogP contribution < -0.4 is 0 Å². The Bertz CT molecular complexity index is 344. The van der Waals surface area contributed by atoms with Gasteiger partial charge in [-0.05, 0) is 30.9 Å². The molecule has 1 heterocycles. The number of unbranched alkanes of at least 4 members (excludes halogenated alkanes) is 1. The zero-order valence-corrected chi connectivity index (χ0v) is 9.20. The SMILES string of the molecule is C=CCCCC(=O)c1ncccc1CC. The first-order valence-corrected chi connectivity index (χ1v) is 5.37. The van der Waals surface area contributed by atoms with Gasteiger partial charge in [-0.15, -0.1) is 6.58 Å². The summed E-state index contributed by atoms with van der Waals surface area (Å²) in [5, 5.41) is 0. The van der Waals surface area contributed by atoms with E-state index in [1.165, 1.54) is 0 Å². The number of carbonyl (C=O) groups is 1. The van der Waals surface area contributed by atoms with E-state index in [2.05, 4.69) is 11.6 Å². The summed E-state index contributed by atoms with van der Waals surface area (Å²) in [4.78, 5) is 16.0. The molecule has 80 valence electrons. The molecule has 0 spiro atoms. The van der Waals surface area contributed by atoms with E-state index >= 15 is 0 Å². The second-order valence-corrected chi connectivity index (χ2v) is 3.47. The summed E-state index contributed by atoms with van der Waals surface area (Å²) in [6.07, 6.45) is 6.70. The van der Waals surface area contributed by atoms with Crippen LogP contribution in [0, 0.1) is 0 Å². The van der Waals surface area contributed by atoms with Crippen molar-refractivity contribution < 1.29 is 4.79 Å². The third-order valence-electron chi connectivity index (χ3n) is 2.35. The van der Waals surface area contributed by atoms with Crippen molar-refractivity contribution in [2.45, 2.75) is 32.6 Å². The van der Waals surface area contributed by atoms with Crippen LogP contribution in [0.25, 0.3) is 0 Å². The summed E-state index contributed by atoms with van der Waals surface area (Å²) in [6.45, 7) is 5.68. The summed E-state index contributed by atoms with van der Waals surface area (Å²) in [6, 6.07) is 3.84. The van der Waals surface area contributed by atoms with Gasteiger partial charge in [0.2, 0.25) is 0 Å². The van der Waals surface area contributed by atoms with Crippen molar-refractivity contribution in [2.75, 3.05) is 0 Å². The Morgan fingerprint density at radius 2 is 2.40 bits per heavy atom. The number of aromatic nitrogens is 1. The molecule has 0 unspecified atom stereocenters. The molecule has 1 rings (SSSR count). The lowest BCUT2D eigenvalue weighted by Crippen LogP contribution is -2.05. The van der Waals surface area contributed by atoms with Crippen LogP contribution in [0.3, 0.4) is 0 Å². The topological polar surface area (TPSA) is 30.0 Å². The van der Waals surface area contributed by atoms with Crippen molar-refractivity contribution in [2.24, 2.45) is 0 Å². The van der Waals surface area contributed by atoms with E-state index in [4.69, 9.17) is 0 Å². The largest absolute Gasteiger partial charge is 0.292 e. The van der Waals surface area contributed by atoms with Gasteiger partial charge in [0, 0.05) is 12.6 Å². The predicted molar refractivity (Wildman–Crippen MR) is 62.0 cm³/mol. The second-order valence-electron chi connectivity index (χ2n) is 3.47. The molecule has 1 aromatic heterocycles. The van der Waals surface area contributed by atoms with E-state index in [-0.39, 0.29) is 5.78 Å². The van der Waals surface area contributed by atoms with Gasteiger partial charge in [0.1, 0.15) is 5.69 Å². The summed E-state index contributed by atoms with van der Waals surface area (Å²) < 4.78 is 0. The fraction of sp³-hybridized carbons (Fsp3) is 0.385. The maximum absolute atomic E-state index is 11.8. The quantitative estimate of drug-likeness (QED) is 0.404. The van der Waals surface area contributed by atoms with Crippen molar-refractivity contribution in [3.63, 3.8) is 0 Å². The third-order valence-corrected chi connectivity index (χ3v) is 2.35. The number of hydrogen-bond acceptors (Lipinski definition) is 2. The molecule has 2 nitrogen and oxygen atoms in total. The van der Waals surface area contributed by atoms with Gasteiger partial charge in [0.05, 0.1) is 0 Å². The van der Waals surface area contributed by atoms with Crippen LogP contribution in [0.15, 0.2) is 31.0 Å². The predicted octanol–water partition coefficient (Wildman–Crippen LogP) is 3.18. The molecule has 1 aromatic rings. The molecule has 0 saturated carbocycles. The Hall–Kier alpha value is -1.44. The van der Waals surface area contributed by atoms with Gasteiger partial charge < -0.3 is 0 Å². The fourth-order valence-corrected chi connectivity index (χ4v) is 1.50. The van der Waals surface area contributed by atoms with Crippen molar-refractivity contribution in [1.82, 2.24) is 4.98 Å². The van der Waals surface area contributed by atoms with Crippen LogP contribution in [0.1, 0.15) is 42.2 Å². The van der Waals surface area contributed by atoms with Crippen LogP contribution in [0.2, 0.25) is 0 Å². The Morgan fingerprint density at radius 1 is 1.60 bits per heavy atom. The number of hydrogen-bond donors (Lipinski definition) is 0. The molecule has 0 aliphatic carbocycles. The van der Waals surface area contributed by atoms with Crippen molar-refractivity contribution in [1.29, 1.82) is 0 Å². The molecule has 0 aliphatic rings. The van der Waals surface area contributed by atoms with Crippen LogP contribution in [-0.2, 0) is 6.42 Å². The zero-order valence-electron chi connectivity index (χ0n) is 9.20. The lowest BCUT2D eigenvalue weighted by Gasteiger charge is -2.04. The fourth-order valence-electron chi connectivity index (χ4n) is 1.50. The number of aryl methyl sites for hydroxylation is 1. The summed E-state index contributed by atoms with van der Waals surface area (Å²) >= 11 is 0. The van der Waals surface area contributed by atoms with Gasteiger partial charge in [-0.25, -0.2) is 0 Å². The highest BCUT2D eigenvalue weighted by atomic mass is 16.1. The average molecular weight is 203 g/mol. The number of Topliss-reactive ketones (excluding diaryl/α,β-unsaturated/α-hetero) is 1. The number of ketones is 1. The van der Waals surface area contributed by atoms with Crippen LogP contribution in [-0.4, -0.2) is 10.8 Å². The van der Waals surface area contributed by atoms with Crippen molar-refractivity contribution in [3.05, 3.63) is 42.2 Å². The molecule has 0 fully saturated rings. The number of nitrogens with zero attached hydrogens (tertiary/aromatic N) is 1. The van der Waals surface area contributed by atoms with Crippen molar-refractivity contribution in [3.8, 4) is 0 Å². The molecule has 0 aromatic carbocycles. The van der Waals surface area contributed by atoms with Gasteiger partial charge in [-0.3, -0.25) is 9.78 Å². The first kappa shape index (κ1) is 11.6. The zero-order chi connectivity index (χ0) is 11.1.